The minimum absolute atomic E-state index is 0.106. The van der Waals surface area contributed by atoms with Crippen LogP contribution in [0.25, 0.3) is 0 Å². The van der Waals surface area contributed by atoms with E-state index in [-0.39, 0.29) is 5.41 Å². The first-order chi connectivity index (χ1) is 7.84. The van der Waals surface area contributed by atoms with Crippen molar-refractivity contribution in [2.75, 3.05) is 6.61 Å². The first kappa shape index (κ1) is 14.0. The Bertz CT molecular complexity index is 408. The molecule has 0 aliphatic heterocycles. The lowest BCUT2D eigenvalue weighted by atomic mass is 9.86. The minimum Gasteiger partial charge on any atom is -0.434 e. The molecule has 0 amide bonds. The Balaban J connectivity index is 3.03. The molecule has 0 aromatic heterocycles. The zero-order chi connectivity index (χ0) is 13.1. The fourth-order valence-corrected chi connectivity index (χ4v) is 1.78. The summed E-state index contributed by atoms with van der Waals surface area (Å²) in [6, 6.07) is 5.56. The van der Waals surface area contributed by atoms with E-state index in [4.69, 9.17) is 9.47 Å². The molecule has 0 unspecified atom stereocenters. The summed E-state index contributed by atoms with van der Waals surface area (Å²) in [5.74, 6) is 0.541. The average Bonchev–Trinajstić information content (AvgIpc) is 2.19. The summed E-state index contributed by atoms with van der Waals surface area (Å²) in [6.45, 7) is 8.24. The van der Waals surface area contributed by atoms with Crippen molar-refractivity contribution < 1.29 is 14.3 Å². The van der Waals surface area contributed by atoms with Gasteiger partial charge in [-0.15, -0.1) is 0 Å². The zero-order valence-electron chi connectivity index (χ0n) is 10.5. The number of ether oxygens (including phenoxy) is 2. The molecule has 0 heterocycles. The van der Waals surface area contributed by atoms with Gasteiger partial charge >= 0.3 is 6.16 Å². The summed E-state index contributed by atoms with van der Waals surface area (Å²) in [5, 5.41) is 0. The van der Waals surface area contributed by atoms with Crippen LogP contribution < -0.4 is 4.74 Å². The van der Waals surface area contributed by atoms with Crippen molar-refractivity contribution in [1.29, 1.82) is 0 Å². The first-order valence-corrected chi connectivity index (χ1v) is 6.28. The number of hydrogen-bond acceptors (Lipinski definition) is 3. The van der Waals surface area contributed by atoms with Crippen LogP contribution in [0.4, 0.5) is 4.79 Å². The summed E-state index contributed by atoms with van der Waals surface area (Å²) in [4.78, 5) is 11.3. The third-order valence-electron chi connectivity index (χ3n) is 2.21. The lowest BCUT2D eigenvalue weighted by Crippen LogP contribution is -2.17. The van der Waals surface area contributed by atoms with E-state index in [0.717, 1.165) is 10.0 Å². The molecule has 0 bridgehead atoms. The number of hydrogen-bond donors (Lipinski definition) is 0. The molecule has 1 aromatic rings. The standard InChI is InChI=1S/C13H17BrO3/c1-5-16-12(15)17-11-7-6-9(14)8-10(11)13(2,3)4/h6-8H,5H2,1-4H3. The Morgan fingerprint density at radius 3 is 2.53 bits per heavy atom. The second kappa shape index (κ2) is 5.54. The van der Waals surface area contributed by atoms with Crippen LogP contribution >= 0.6 is 15.9 Å². The molecule has 1 rings (SSSR count). The highest BCUT2D eigenvalue weighted by Gasteiger charge is 2.21. The monoisotopic (exact) mass is 300 g/mol. The lowest BCUT2D eigenvalue weighted by Gasteiger charge is -2.22. The predicted octanol–water partition coefficient (Wildman–Crippen LogP) is 4.28. The zero-order valence-corrected chi connectivity index (χ0v) is 12.1. The predicted molar refractivity (Wildman–Crippen MR) is 70.5 cm³/mol. The van der Waals surface area contributed by atoms with E-state index >= 15 is 0 Å². The molecule has 1 aromatic carbocycles. The van der Waals surface area contributed by atoms with Gasteiger partial charge in [0.1, 0.15) is 5.75 Å². The summed E-state index contributed by atoms with van der Waals surface area (Å²) in [6.07, 6.45) is -0.666. The molecule has 17 heavy (non-hydrogen) atoms. The van der Waals surface area contributed by atoms with Gasteiger partial charge in [0.25, 0.3) is 0 Å². The van der Waals surface area contributed by atoms with Gasteiger partial charge < -0.3 is 9.47 Å². The van der Waals surface area contributed by atoms with Crippen molar-refractivity contribution in [3.05, 3.63) is 28.2 Å². The van der Waals surface area contributed by atoms with Crippen molar-refractivity contribution in [2.45, 2.75) is 33.1 Å². The smallest absolute Gasteiger partial charge is 0.434 e. The van der Waals surface area contributed by atoms with E-state index in [0.29, 0.717) is 12.4 Å². The molecule has 3 nitrogen and oxygen atoms in total. The van der Waals surface area contributed by atoms with E-state index in [1.54, 1.807) is 13.0 Å². The van der Waals surface area contributed by atoms with Gasteiger partial charge in [-0.1, -0.05) is 36.7 Å². The Morgan fingerprint density at radius 2 is 2.00 bits per heavy atom. The number of carbonyl (C=O) groups is 1. The maximum absolute atomic E-state index is 11.3. The quantitative estimate of drug-likeness (QED) is 0.604. The molecule has 0 saturated carbocycles. The highest BCUT2D eigenvalue weighted by molar-refractivity contribution is 9.10. The normalized spacial score (nSPS) is 11.1. The average molecular weight is 301 g/mol. The molecule has 94 valence electrons. The topological polar surface area (TPSA) is 35.5 Å². The Kier molecular flexibility index (Phi) is 4.57. The van der Waals surface area contributed by atoms with Gasteiger partial charge in [-0.3, -0.25) is 0 Å². The minimum atomic E-state index is -0.666. The van der Waals surface area contributed by atoms with Crippen LogP contribution in [-0.2, 0) is 10.2 Å². The maximum atomic E-state index is 11.3. The molecule has 0 aliphatic carbocycles. The molecule has 0 atom stereocenters. The van der Waals surface area contributed by atoms with E-state index in [9.17, 15) is 4.79 Å². The van der Waals surface area contributed by atoms with Crippen LogP contribution in [0, 0.1) is 0 Å². The van der Waals surface area contributed by atoms with Gasteiger partial charge in [-0.05, 0) is 30.5 Å². The van der Waals surface area contributed by atoms with Crippen molar-refractivity contribution in [2.24, 2.45) is 0 Å². The SMILES string of the molecule is CCOC(=O)Oc1ccc(Br)cc1C(C)(C)C. The summed E-state index contributed by atoms with van der Waals surface area (Å²) >= 11 is 3.41. The molecular weight excluding hydrogens is 284 g/mol. The number of halogens is 1. The van der Waals surface area contributed by atoms with Crippen LogP contribution in [-0.4, -0.2) is 12.8 Å². The van der Waals surface area contributed by atoms with E-state index < -0.39 is 6.16 Å². The number of carbonyl (C=O) groups excluding carboxylic acids is 1. The molecule has 0 radical (unpaired) electrons. The van der Waals surface area contributed by atoms with Crippen molar-refractivity contribution in [1.82, 2.24) is 0 Å². The summed E-state index contributed by atoms with van der Waals surface area (Å²) < 4.78 is 10.9. The highest BCUT2D eigenvalue weighted by atomic mass is 79.9. The Labute approximate surface area is 110 Å². The second-order valence-corrected chi connectivity index (χ2v) is 5.59. The summed E-state index contributed by atoms with van der Waals surface area (Å²) in [5.41, 5.74) is 0.853. The molecule has 0 fully saturated rings. The second-order valence-electron chi connectivity index (χ2n) is 4.68. The Morgan fingerprint density at radius 1 is 1.35 bits per heavy atom. The van der Waals surface area contributed by atoms with Crippen molar-refractivity contribution in [3.8, 4) is 5.75 Å². The fourth-order valence-electron chi connectivity index (χ4n) is 1.41. The van der Waals surface area contributed by atoms with Crippen molar-refractivity contribution >= 4 is 22.1 Å². The van der Waals surface area contributed by atoms with E-state index in [1.165, 1.54) is 0 Å². The third kappa shape index (κ3) is 4.04. The lowest BCUT2D eigenvalue weighted by molar-refractivity contribution is 0.103. The van der Waals surface area contributed by atoms with Crippen LogP contribution in [0.1, 0.15) is 33.3 Å². The number of benzene rings is 1. The molecule has 0 aliphatic rings. The molecular formula is C13H17BrO3. The first-order valence-electron chi connectivity index (χ1n) is 5.49. The molecule has 0 saturated heterocycles. The van der Waals surface area contributed by atoms with Crippen LogP contribution in [0.15, 0.2) is 22.7 Å². The fraction of sp³-hybridized carbons (Fsp3) is 0.462. The van der Waals surface area contributed by atoms with E-state index in [1.807, 2.05) is 12.1 Å². The van der Waals surface area contributed by atoms with Gasteiger partial charge in [0.05, 0.1) is 6.61 Å². The van der Waals surface area contributed by atoms with Gasteiger partial charge in [0.15, 0.2) is 0 Å². The van der Waals surface area contributed by atoms with E-state index in [2.05, 4.69) is 36.7 Å². The van der Waals surface area contributed by atoms with Crippen LogP contribution in [0.5, 0.6) is 5.75 Å². The molecule has 0 spiro atoms. The Hall–Kier alpha value is -1.03. The van der Waals surface area contributed by atoms with Crippen molar-refractivity contribution in [3.63, 3.8) is 0 Å². The van der Waals surface area contributed by atoms with Gasteiger partial charge in [-0.25, -0.2) is 4.79 Å². The molecule has 0 N–H and O–H groups in total. The number of rotatable bonds is 2. The maximum Gasteiger partial charge on any atom is 0.513 e. The summed E-state index contributed by atoms with van der Waals surface area (Å²) in [7, 11) is 0. The largest absolute Gasteiger partial charge is 0.513 e. The van der Waals surface area contributed by atoms with Gasteiger partial charge in [0, 0.05) is 10.0 Å². The van der Waals surface area contributed by atoms with Gasteiger partial charge in [-0.2, -0.15) is 0 Å². The van der Waals surface area contributed by atoms with Crippen LogP contribution in [0.3, 0.4) is 0 Å². The van der Waals surface area contributed by atoms with Gasteiger partial charge in [0.2, 0.25) is 0 Å². The highest BCUT2D eigenvalue weighted by Crippen LogP contribution is 2.33. The third-order valence-corrected chi connectivity index (χ3v) is 2.70. The molecule has 4 heteroatoms. The van der Waals surface area contributed by atoms with Crippen LogP contribution in [0.2, 0.25) is 0 Å².